The van der Waals surface area contributed by atoms with Gasteiger partial charge in [0.15, 0.2) is 0 Å². The fourth-order valence-electron chi connectivity index (χ4n) is 4.92. The summed E-state index contributed by atoms with van der Waals surface area (Å²) < 4.78 is 5.34. The Bertz CT molecular complexity index is 404. The van der Waals surface area contributed by atoms with E-state index in [1.165, 1.54) is 19.3 Å². The van der Waals surface area contributed by atoms with Crippen molar-refractivity contribution in [2.75, 3.05) is 32.8 Å². The van der Waals surface area contributed by atoms with Gasteiger partial charge in [0, 0.05) is 32.1 Å². The Morgan fingerprint density at radius 2 is 2.00 bits per heavy atom. The van der Waals surface area contributed by atoms with Crippen LogP contribution in [0.1, 0.15) is 46.5 Å². The Kier molecular flexibility index (Phi) is 4.04. The molecule has 2 aliphatic carbocycles. The SMILES string of the molecule is CC1(C)C[C@@]2(C)C[C@H]1C[C@H]2NC(=O)CCN1CCOCC1. The molecule has 3 atom stereocenters. The number of carbonyl (C=O) groups is 1. The molecule has 4 nitrogen and oxygen atoms in total. The van der Waals surface area contributed by atoms with E-state index in [9.17, 15) is 4.79 Å². The lowest BCUT2D eigenvalue weighted by molar-refractivity contribution is -0.123. The number of hydrogen-bond donors (Lipinski definition) is 1. The van der Waals surface area contributed by atoms with Gasteiger partial charge < -0.3 is 10.1 Å². The molecule has 1 N–H and O–H groups in total. The van der Waals surface area contributed by atoms with Gasteiger partial charge in [-0.3, -0.25) is 9.69 Å². The van der Waals surface area contributed by atoms with Crippen LogP contribution in [0.25, 0.3) is 0 Å². The molecule has 1 aliphatic heterocycles. The third kappa shape index (κ3) is 3.11. The summed E-state index contributed by atoms with van der Waals surface area (Å²) in [7, 11) is 0. The maximum atomic E-state index is 12.3. The van der Waals surface area contributed by atoms with Crippen LogP contribution in [0.15, 0.2) is 0 Å². The van der Waals surface area contributed by atoms with E-state index in [4.69, 9.17) is 4.74 Å². The molecule has 3 rings (SSSR count). The van der Waals surface area contributed by atoms with Crippen LogP contribution in [0, 0.1) is 16.7 Å². The van der Waals surface area contributed by atoms with Gasteiger partial charge in [0.25, 0.3) is 0 Å². The maximum Gasteiger partial charge on any atom is 0.221 e. The van der Waals surface area contributed by atoms with Crippen LogP contribution in [-0.4, -0.2) is 49.7 Å². The topological polar surface area (TPSA) is 41.6 Å². The summed E-state index contributed by atoms with van der Waals surface area (Å²) in [5.41, 5.74) is 0.784. The molecule has 3 aliphatic rings. The van der Waals surface area contributed by atoms with E-state index in [-0.39, 0.29) is 5.91 Å². The minimum absolute atomic E-state index is 0.234. The van der Waals surface area contributed by atoms with Gasteiger partial charge in [0.05, 0.1) is 13.2 Å². The van der Waals surface area contributed by atoms with E-state index in [0.717, 1.165) is 38.8 Å². The van der Waals surface area contributed by atoms with Gasteiger partial charge in [-0.2, -0.15) is 0 Å². The number of amides is 1. The molecule has 0 spiro atoms. The molecule has 0 radical (unpaired) electrons. The minimum atomic E-state index is 0.234. The number of fused-ring (bicyclic) bond motifs is 2. The summed E-state index contributed by atoms with van der Waals surface area (Å²) in [6, 6.07) is 0.396. The lowest BCUT2D eigenvalue weighted by atomic mass is 9.70. The van der Waals surface area contributed by atoms with E-state index in [1.807, 2.05) is 0 Å². The van der Waals surface area contributed by atoms with Crippen LogP contribution < -0.4 is 5.32 Å². The third-order valence-corrected chi connectivity index (χ3v) is 6.13. The van der Waals surface area contributed by atoms with E-state index in [2.05, 4.69) is 31.0 Å². The molecule has 2 bridgehead atoms. The lowest BCUT2D eigenvalue weighted by Gasteiger charge is -2.39. The van der Waals surface area contributed by atoms with E-state index in [0.29, 0.717) is 23.3 Å². The molecule has 21 heavy (non-hydrogen) atoms. The van der Waals surface area contributed by atoms with Crippen molar-refractivity contribution < 1.29 is 9.53 Å². The maximum absolute atomic E-state index is 12.3. The summed E-state index contributed by atoms with van der Waals surface area (Å²) in [5, 5.41) is 3.33. The molecule has 120 valence electrons. The molecule has 2 saturated carbocycles. The summed E-state index contributed by atoms with van der Waals surface area (Å²) in [4.78, 5) is 14.6. The number of ether oxygens (including phenoxy) is 1. The second kappa shape index (κ2) is 5.54. The van der Waals surface area contributed by atoms with Crippen LogP contribution >= 0.6 is 0 Å². The number of hydrogen-bond acceptors (Lipinski definition) is 3. The molecule has 3 fully saturated rings. The molecule has 0 aromatic rings. The van der Waals surface area contributed by atoms with Crippen molar-refractivity contribution in [1.29, 1.82) is 0 Å². The van der Waals surface area contributed by atoms with Crippen LogP contribution in [-0.2, 0) is 9.53 Å². The quantitative estimate of drug-likeness (QED) is 0.863. The number of nitrogens with zero attached hydrogens (tertiary/aromatic N) is 1. The fourth-order valence-corrected chi connectivity index (χ4v) is 4.92. The molecule has 0 unspecified atom stereocenters. The van der Waals surface area contributed by atoms with Crippen LogP contribution in [0.3, 0.4) is 0 Å². The number of morpholine rings is 1. The van der Waals surface area contributed by atoms with Crippen LogP contribution in [0.4, 0.5) is 0 Å². The molecule has 1 amide bonds. The predicted octanol–water partition coefficient (Wildman–Crippen LogP) is 2.04. The normalized spacial score (nSPS) is 38.6. The van der Waals surface area contributed by atoms with Gasteiger partial charge >= 0.3 is 0 Å². The van der Waals surface area contributed by atoms with Crippen molar-refractivity contribution in [3.05, 3.63) is 0 Å². The first-order valence-electron chi connectivity index (χ1n) is 8.49. The van der Waals surface area contributed by atoms with Gasteiger partial charge in [-0.1, -0.05) is 20.8 Å². The molecular formula is C17H30N2O2. The molecular weight excluding hydrogens is 264 g/mol. The number of nitrogens with one attached hydrogen (secondary N) is 1. The monoisotopic (exact) mass is 294 g/mol. The highest BCUT2D eigenvalue weighted by Gasteiger charge is 2.57. The first kappa shape index (κ1) is 15.3. The lowest BCUT2D eigenvalue weighted by Crippen LogP contribution is -2.47. The highest BCUT2D eigenvalue weighted by atomic mass is 16.5. The summed E-state index contributed by atoms with van der Waals surface area (Å²) in [6.07, 6.45) is 4.33. The smallest absolute Gasteiger partial charge is 0.221 e. The summed E-state index contributed by atoms with van der Waals surface area (Å²) in [6.45, 7) is 11.6. The second-order valence-electron chi connectivity index (χ2n) is 8.28. The fraction of sp³-hybridized carbons (Fsp3) is 0.941. The summed E-state index contributed by atoms with van der Waals surface area (Å²) >= 11 is 0. The summed E-state index contributed by atoms with van der Waals surface area (Å²) in [5.74, 6) is 1.02. The van der Waals surface area contributed by atoms with Gasteiger partial charge in [-0.15, -0.1) is 0 Å². The standard InChI is InChI=1S/C17H30N2O2/c1-16(2)12-17(3)11-13(16)10-14(17)18-15(20)4-5-19-6-8-21-9-7-19/h13-14H,4-12H2,1-3H3,(H,18,20)/t13-,14-,17-/m1/s1. The van der Waals surface area contributed by atoms with E-state index in [1.54, 1.807) is 0 Å². The van der Waals surface area contributed by atoms with Crippen molar-refractivity contribution in [1.82, 2.24) is 10.2 Å². The second-order valence-corrected chi connectivity index (χ2v) is 8.28. The molecule has 0 aromatic carbocycles. The first-order chi connectivity index (χ1) is 9.89. The van der Waals surface area contributed by atoms with Gasteiger partial charge in [0.1, 0.15) is 0 Å². The van der Waals surface area contributed by atoms with Crippen molar-refractivity contribution >= 4 is 5.91 Å². The zero-order valence-corrected chi connectivity index (χ0v) is 13.8. The Morgan fingerprint density at radius 3 is 2.57 bits per heavy atom. The van der Waals surface area contributed by atoms with Crippen molar-refractivity contribution in [2.24, 2.45) is 16.7 Å². The molecule has 1 heterocycles. The predicted molar refractivity (Wildman–Crippen MR) is 83.0 cm³/mol. The number of rotatable bonds is 4. The van der Waals surface area contributed by atoms with Gasteiger partial charge in [-0.25, -0.2) is 0 Å². The van der Waals surface area contributed by atoms with Crippen molar-refractivity contribution in [2.45, 2.75) is 52.5 Å². The number of carbonyl (C=O) groups excluding carboxylic acids is 1. The average molecular weight is 294 g/mol. The van der Waals surface area contributed by atoms with Crippen LogP contribution in [0.5, 0.6) is 0 Å². The van der Waals surface area contributed by atoms with Gasteiger partial charge in [-0.05, 0) is 36.0 Å². The molecule has 0 aromatic heterocycles. The van der Waals surface area contributed by atoms with Crippen LogP contribution in [0.2, 0.25) is 0 Å². The van der Waals surface area contributed by atoms with Crippen molar-refractivity contribution in [3.8, 4) is 0 Å². The third-order valence-electron chi connectivity index (χ3n) is 6.13. The average Bonchev–Trinajstić information content (AvgIpc) is 2.86. The molecule has 4 heteroatoms. The van der Waals surface area contributed by atoms with E-state index >= 15 is 0 Å². The Morgan fingerprint density at radius 1 is 1.29 bits per heavy atom. The molecule has 1 saturated heterocycles. The minimum Gasteiger partial charge on any atom is -0.379 e. The Labute approximate surface area is 128 Å². The Balaban J connectivity index is 1.46. The zero-order valence-electron chi connectivity index (χ0n) is 13.8. The van der Waals surface area contributed by atoms with Gasteiger partial charge in [0.2, 0.25) is 5.91 Å². The van der Waals surface area contributed by atoms with Crippen molar-refractivity contribution in [3.63, 3.8) is 0 Å². The van der Waals surface area contributed by atoms with E-state index < -0.39 is 0 Å². The zero-order chi connectivity index (χ0) is 15.1. The largest absolute Gasteiger partial charge is 0.379 e. The first-order valence-corrected chi connectivity index (χ1v) is 8.49. The Hall–Kier alpha value is -0.610. The highest BCUT2D eigenvalue weighted by molar-refractivity contribution is 5.76. The highest BCUT2D eigenvalue weighted by Crippen LogP contribution is 2.62.